The van der Waals surface area contributed by atoms with E-state index < -0.39 is 18.0 Å². The van der Waals surface area contributed by atoms with E-state index in [1.165, 1.54) is 0 Å². The third-order valence-electron chi connectivity index (χ3n) is 4.65. The summed E-state index contributed by atoms with van der Waals surface area (Å²) in [6, 6.07) is 11.5. The molecule has 2 aromatic carbocycles. The van der Waals surface area contributed by atoms with Crippen LogP contribution in [0.2, 0.25) is 0 Å². The summed E-state index contributed by atoms with van der Waals surface area (Å²) in [5.74, 6) is 0.156. The second kappa shape index (κ2) is 7.70. The van der Waals surface area contributed by atoms with E-state index in [2.05, 4.69) is 20.8 Å². The number of aryl methyl sites for hydroxylation is 1. The van der Waals surface area contributed by atoms with Crippen LogP contribution in [-0.4, -0.2) is 40.6 Å². The Bertz CT molecular complexity index is 1090. The Balaban J connectivity index is 1.40. The molecule has 3 aromatic rings. The van der Waals surface area contributed by atoms with Crippen molar-refractivity contribution in [3.05, 3.63) is 54.2 Å². The topological polar surface area (TPSA) is 117 Å². The first kappa shape index (κ1) is 18.6. The quantitative estimate of drug-likeness (QED) is 0.616. The Labute approximate surface area is 166 Å². The second-order valence-corrected chi connectivity index (χ2v) is 6.71. The molecule has 0 spiro atoms. The molecule has 0 unspecified atom stereocenters. The summed E-state index contributed by atoms with van der Waals surface area (Å²) in [6.07, 6.45) is 0.244. The summed E-state index contributed by atoms with van der Waals surface area (Å²) in [6.45, 7) is 2.00. The average molecular weight is 393 g/mol. The van der Waals surface area contributed by atoms with E-state index in [1.807, 2.05) is 30.3 Å². The highest BCUT2D eigenvalue weighted by Crippen LogP contribution is 2.29. The lowest BCUT2D eigenvalue weighted by Gasteiger charge is -2.15. The van der Waals surface area contributed by atoms with Crippen molar-refractivity contribution >= 4 is 34.3 Å². The Hall–Kier alpha value is -3.75. The predicted molar refractivity (Wildman–Crippen MR) is 104 cm³/mol. The van der Waals surface area contributed by atoms with Gasteiger partial charge in [0, 0.05) is 18.4 Å². The van der Waals surface area contributed by atoms with Crippen molar-refractivity contribution in [1.82, 2.24) is 20.8 Å². The number of carbonyl (C=O) groups is 3. The van der Waals surface area contributed by atoms with E-state index in [-0.39, 0.29) is 12.3 Å². The molecule has 2 heterocycles. The molecule has 1 aromatic heterocycles. The highest BCUT2D eigenvalue weighted by Gasteiger charge is 2.40. The van der Waals surface area contributed by atoms with Gasteiger partial charge in [0.15, 0.2) is 5.82 Å². The van der Waals surface area contributed by atoms with Gasteiger partial charge in [-0.1, -0.05) is 41.6 Å². The van der Waals surface area contributed by atoms with Crippen LogP contribution in [0.5, 0.6) is 0 Å². The van der Waals surface area contributed by atoms with E-state index in [0.717, 1.165) is 15.7 Å². The molecule has 1 aliphatic rings. The maximum Gasteiger partial charge on any atom is 0.329 e. The Morgan fingerprint density at radius 1 is 1.21 bits per heavy atom. The number of benzene rings is 2. The molecule has 0 radical (unpaired) electrons. The van der Waals surface area contributed by atoms with Gasteiger partial charge in [0.1, 0.15) is 6.04 Å². The maximum atomic E-state index is 12.8. The second-order valence-electron chi connectivity index (χ2n) is 6.71. The van der Waals surface area contributed by atoms with E-state index >= 15 is 0 Å². The van der Waals surface area contributed by atoms with Crippen LogP contribution in [0.4, 0.5) is 10.5 Å². The molecular formula is C20H19N5O4. The number of nitrogens with zero attached hydrogens (tertiary/aromatic N) is 3. The fraction of sp³-hybridized carbons (Fsp3) is 0.250. The van der Waals surface area contributed by atoms with Crippen molar-refractivity contribution in [2.24, 2.45) is 0 Å². The number of nitrogens with one attached hydrogen (secondary N) is 2. The van der Waals surface area contributed by atoms with Crippen molar-refractivity contribution in [2.45, 2.75) is 25.8 Å². The zero-order chi connectivity index (χ0) is 20.4. The highest BCUT2D eigenvalue weighted by atomic mass is 16.5. The highest BCUT2D eigenvalue weighted by molar-refractivity contribution is 6.24. The molecule has 1 aliphatic heterocycles. The molecule has 2 N–H and O–H groups in total. The lowest BCUT2D eigenvalue weighted by Crippen LogP contribution is -2.37. The number of hydrogen-bond donors (Lipinski definition) is 2. The number of anilines is 1. The lowest BCUT2D eigenvalue weighted by atomic mass is 10.1. The number of carbonyl (C=O) groups excluding carboxylic acids is 3. The Kier molecular flexibility index (Phi) is 4.94. The van der Waals surface area contributed by atoms with Crippen LogP contribution in [0, 0.1) is 6.92 Å². The Morgan fingerprint density at radius 3 is 2.79 bits per heavy atom. The summed E-state index contributed by atoms with van der Waals surface area (Å²) >= 11 is 0. The van der Waals surface area contributed by atoms with Gasteiger partial charge in [-0.2, -0.15) is 4.98 Å². The van der Waals surface area contributed by atoms with E-state index in [9.17, 15) is 14.4 Å². The molecule has 4 rings (SSSR count). The van der Waals surface area contributed by atoms with Crippen LogP contribution in [0.15, 0.2) is 47.0 Å². The monoisotopic (exact) mass is 393 g/mol. The van der Waals surface area contributed by atoms with E-state index in [0.29, 0.717) is 30.4 Å². The van der Waals surface area contributed by atoms with Crippen molar-refractivity contribution < 1.29 is 18.9 Å². The molecule has 4 amide bonds. The molecule has 9 nitrogen and oxygen atoms in total. The maximum absolute atomic E-state index is 12.8. The normalized spacial score (nSPS) is 16.3. The largest absolute Gasteiger partial charge is 0.356 e. The summed E-state index contributed by atoms with van der Waals surface area (Å²) in [7, 11) is 0. The minimum absolute atomic E-state index is 0.144. The standard InChI is InChI=1S/C20H19N5O4/c1-12-22-18(29-24-12)9-10-21-17(26)11-15-19(27)25(20(28)23-15)16-8-4-6-13-5-2-3-7-14(13)16/h2-8,15H,9-11H2,1H3,(H,21,26)(H,23,28)/t15-/m1/s1. The van der Waals surface area contributed by atoms with Crippen LogP contribution < -0.4 is 15.5 Å². The fourth-order valence-electron chi connectivity index (χ4n) is 3.31. The van der Waals surface area contributed by atoms with Crippen LogP contribution >= 0.6 is 0 Å². The molecule has 0 bridgehead atoms. The van der Waals surface area contributed by atoms with Gasteiger partial charge >= 0.3 is 6.03 Å². The molecule has 1 saturated heterocycles. The minimum atomic E-state index is -0.910. The van der Waals surface area contributed by atoms with Gasteiger partial charge in [-0.3, -0.25) is 9.59 Å². The number of aromatic nitrogens is 2. The Morgan fingerprint density at radius 2 is 2.00 bits per heavy atom. The van der Waals surface area contributed by atoms with Crippen molar-refractivity contribution in [1.29, 1.82) is 0 Å². The molecule has 1 fully saturated rings. The van der Waals surface area contributed by atoms with Crippen molar-refractivity contribution in [2.75, 3.05) is 11.4 Å². The molecule has 0 aliphatic carbocycles. The first-order valence-corrected chi connectivity index (χ1v) is 9.21. The molecule has 29 heavy (non-hydrogen) atoms. The van der Waals surface area contributed by atoms with Gasteiger partial charge in [-0.05, 0) is 18.4 Å². The third-order valence-corrected chi connectivity index (χ3v) is 4.65. The predicted octanol–water partition coefficient (Wildman–Crippen LogP) is 1.71. The zero-order valence-corrected chi connectivity index (χ0v) is 15.7. The van der Waals surface area contributed by atoms with Crippen molar-refractivity contribution in [3.8, 4) is 0 Å². The van der Waals surface area contributed by atoms with Gasteiger partial charge < -0.3 is 15.2 Å². The summed E-state index contributed by atoms with van der Waals surface area (Å²) in [5, 5.41) is 10.7. The van der Waals surface area contributed by atoms with Crippen LogP contribution in [0.1, 0.15) is 18.1 Å². The lowest BCUT2D eigenvalue weighted by molar-refractivity contribution is -0.125. The molecule has 0 saturated carbocycles. The first-order chi connectivity index (χ1) is 14.0. The number of imide groups is 1. The van der Waals surface area contributed by atoms with Gasteiger partial charge in [0.25, 0.3) is 5.91 Å². The number of rotatable bonds is 6. The van der Waals surface area contributed by atoms with E-state index in [1.54, 1.807) is 19.1 Å². The van der Waals surface area contributed by atoms with Gasteiger partial charge in [-0.15, -0.1) is 0 Å². The molecular weight excluding hydrogens is 374 g/mol. The zero-order valence-electron chi connectivity index (χ0n) is 15.7. The first-order valence-electron chi connectivity index (χ1n) is 9.21. The van der Waals surface area contributed by atoms with Gasteiger partial charge in [-0.25, -0.2) is 9.69 Å². The van der Waals surface area contributed by atoms with Crippen LogP contribution in [-0.2, 0) is 16.0 Å². The summed E-state index contributed by atoms with van der Waals surface area (Å²) in [4.78, 5) is 42.6. The van der Waals surface area contributed by atoms with Crippen molar-refractivity contribution in [3.63, 3.8) is 0 Å². The molecule has 1 atom stereocenters. The molecule has 9 heteroatoms. The number of fused-ring (bicyclic) bond motifs is 1. The summed E-state index contributed by atoms with van der Waals surface area (Å²) < 4.78 is 4.98. The third kappa shape index (κ3) is 3.79. The summed E-state index contributed by atoms with van der Waals surface area (Å²) in [5.41, 5.74) is 0.500. The number of urea groups is 1. The number of hydrogen-bond acceptors (Lipinski definition) is 6. The van der Waals surface area contributed by atoms with Crippen LogP contribution in [0.3, 0.4) is 0 Å². The van der Waals surface area contributed by atoms with E-state index in [4.69, 9.17) is 4.52 Å². The fourth-order valence-corrected chi connectivity index (χ4v) is 3.31. The SMILES string of the molecule is Cc1noc(CCNC(=O)C[C@H]2NC(=O)N(c3cccc4ccccc34)C2=O)n1. The smallest absolute Gasteiger partial charge is 0.329 e. The minimum Gasteiger partial charge on any atom is -0.356 e. The van der Waals surface area contributed by atoms with Gasteiger partial charge in [0.2, 0.25) is 11.8 Å². The van der Waals surface area contributed by atoms with Gasteiger partial charge in [0.05, 0.1) is 12.1 Å². The number of amides is 4. The van der Waals surface area contributed by atoms with Crippen LogP contribution in [0.25, 0.3) is 10.8 Å². The molecule has 148 valence electrons. The average Bonchev–Trinajstić information content (AvgIpc) is 3.24.